The average Bonchev–Trinajstić information content (AvgIpc) is 3.24. The van der Waals surface area contributed by atoms with Gasteiger partial charge in [-0.05, 0) is 53.4 Å². The first kappa shape index (κ1) is 19.6. The second kappa shape index (κ2) is 9.68. The monoisotopic (exact) mass is 414 g/mol. The Kier molecular flexibility index (Phi) is 6.78. The zero-order valence-electron chi connectivity index (χ0n) is 14.5. The van der Waals surface area contributed by atoms with Crippen LogP contribution in [0, 0.1) is 0 Å². The van der Waals surface area contributed by atoms with Crippen LogP contribution < -0.4 is 14.9 Å². The molecule has 3 rings (SSSR count). The predicted molar refractivity (Wildman–Crippen MR) is 108 cm³/mol. The summed E-state index contributed by atoms with van der Waals surface area (Å²) in [6.07, 6.45) is 1.47. The van der Waals surface area contributed by atoms with E-state index in [1.807, 2.05) is 5.38 Å². The molecular weight excluding hydrogens is 400 g/mol. The molecule has 1 heterocycles. The first-order valence-electron chi connectivity index (χ1n) is 8.17. The number of hydrazone groups is 1. The van der Waals surface area contributed by atoms with Crippen molar-refractivity contribution in [1.82, 2.24) is 5.43 Å². The van der Waals surface area contributed by atoms with Gasteiger partial charge in [-0.25, -0.2) is 10.2 Å². The molecule has 0 saturated heterocycles. The van der Waals surface area contributed by atoms with Crippen molar-refractivity contribution in [3.8, 4) is 11.5 Å². The zero-order valence-corrected chi connectivity index (χ0v) is 16.1. The number of esters is 1. The molecule has 0 unspecified atom stereocenters. The van der Waals surface area contributed by atoms with E-state index >= 15 is 0 Å². The Balaban J connectivity index is 1.46. The van der Waals surface area contributed by atoms with Gasteiger partial charge in [0.05, 0.1) is 11.2 Å². The number of benzene rings is 2. The third-order valence-electron chi connectivity index (χ3n) is 3.41. The number of rotatable bonds is 7. The van der Waals surface area contributed by atoms with Gasteiger partial charge in [-0.1, -0.05) is 29.8 Å². The lowest BCUT2D eigenvalue weighted by atomic mass is 10.2. The number of carbonyl (C=O) groups is 2. The molecule has 0 radical (unpaired) electrons. The predicted octanol–water partition coefficient (Wildman–Crippen LogP) is 4.15. The molecule has 0 aliphatic heterocycles. The van der Waals surface area contributed by atoms with E-state index < -0.39 is 11.9 Å². The minimum atomic E-state index is -0.419. The molecule has 1 N–H and O–H groups in total. The lowest BCUT2D eigenvalue weighted by molar-refractivity contribution is -0.123. The average molecular weight is 415 g/mol. The summed E-state index contributed by atoms with van der Waals surface area (Å²) in [6.45, 7) is -0.210. The van der Waals surface area contributed by atoms with E-state index in [1.165, 1.54) is 17.6 Å². The van der Waals surface area contributed by atoms with Crippen molar-refractivity contribution in [3.05, 3.63) is 81.5 Å². The van der Waals surface area contributed by atoms with Crippen LogP contribution in [0.25, 0.3) is 0 Å². The molecule has 0 atom stereocenters. The molecule has 0 fully saturated rings. The standard InChI is InChI=1S/C20H15ClN2O4S/c21-16-4-1-2-5-17(16)26-13-19(24)23-22-12-14-7-9-15(10-8-14)27-20(25)18-6-3-11-28-18/h1-12H,13H2,(H,23,24)/b22-12+. The molecule has 3 aromatic rings. The number of nitrogens with one attached hydrogen (secondary N) is 1. The van der Waals surface area contributed by atoms with Gasteiger partial charge in [0.15, 0.2) is 6.61 Å². The summed E-state index contributed by atoms with van der Waals surface area (Å²) in [6, 6.07) is 17.1. The second-order valence-corrected chi connectivity index (χ2v) is 6.80. The van der Waals surface area contributed by atoms with E-state index in [9.17, 15) is 9.59 Å². The van der Waals surface area contributed by atoms with Crippen molar-refractivity contribution in [2.24, 2.45) is 5.10 Å². The number of carbonyl (C=O) groups excluding carboxylic acids is 2. The van der Waals surface area contributed by atoms with Gasteiger partial charge in [0, 0.05) is 0 Å². The van der Waals surface area contributed by atoms with Gasteiger partial charge in [-0.3, -0.25) is 4.79 Å². The fourth-order valence-corrected chi connectivity index (χ4v) is 2.88. The Labute approximate surface area is 170 Å². The fraction of sp³-hybridized carbons (Fsp3) is 0.0500. The highest BCUT2D eigenvalue weighted by molar-refractivity contribution is 7.12. The van der Waals surface area contributed by atoms with Crippen molar-refractivity contribution in [2.45, 2.75) is 0 Å². The van der Waals surface area contributed by atoms with Gasteiger partial charge in [0.25, 0.3) is 5.91 Å². The maximum Gasteiger partial charge on any atom is 0.353 e. The molecule has 1 aromatic heterocycles. The van der Waals surface area contributed by atoms with Crippen LogP contribution in [0.1, 0.15) is 15.2 Å². The van der Waals surface area contributed by atoms with E-state index in [2.05, 4.69) is 10.5 Å². The smallest absolute Gasteiger partial charge is 0.353 e. The molecule has 0 bridgehead atoms. The summed E-state index contributed by atoms with van der Waals surface area (Å²) in [5.41, 5.74) is 3.09. The highest BCUT2D eigenvalue weighted by Gasteiger charge is 2.09. The second-order valence-electron chi connectivity index (χ2n) is 5.45. The van der Waals surface area contributed by atoms with Crippen LogP contribution in [0.3, 0.4) is 0 Å². The third-order valence-corrected chi connectivity index (χ3v) is 4.57. The van der Waals surface area contributed by atoms with E-state index in [0.29, 0.717) is 21.4 Å². The van der Waals surface area contributed by atoms with Crippen LogP contribution in [-0.2, 0) is 4.79 Å². The van der Waals surface area contributed by atoms with Gasteiger partial charge < -0.3 is 9.47 Å². The normalized spacial score (nSPS) is 10.6. The number of hydrogen-bond acceptors (Lipinski definition) is 6. The Morgan fingerprint density at radius 1 is 1.07 bits per heavy atom. The SMILES string of the molecule is O=C(COc1ccccc1Cl)N/N=C/c1ccc(OC(=O)c2cccs2)cc1. The number of nitrogens with zero attached hydrogens (tertiary/aromatic N) is 1. The summed E-state index contributed by atoms with van der Waals surface area (Å²) < 4.78 is 10.6. The maximum atomic E-state index is 11.9. The topological polar surface area (TPSA) is 77.0 Å². The largest absolute Gasteiger partial charge is 0.482 e. The highest BCUT2D eigenvalue weighted by atomic mass is 35.5. The number of thiophene rings is 1. The molecule has 8 heteroatoms. The minimum absolute atomic E-state index is 0.210. The summed E-state index contributed by atoms with van der Waals surface area (Å²) in [5, 5.41) is 6.10. The highest BCUT2D eigenvalue weighted by Crippen LogP contribution is 2.22. The van der Waals surface area contributed by atoms with Crippen molar-refractivity contribution in [2.75, 3.05) is 6.61 Å². The Morgan fingerprint density at radius 3 is 2.57 bits per heavy atom. The molecule has 0 aliphatic rings. The van der Waals surface area contributed by atoms with E-state index in [1.54, 1.807) is 60.7 Å². The molecule has 142 valence electrons. The summed E-state index contributed by atoms with van der Waals surface area (Å²) >= 11 is 7.27. The fourth-order valence-electron chi connectivity index (χ4n) is 2.09. The molecule has 0 aliphatic carbocycles. The quantitative estimate of drug-likeness (QED) is 0.273. The molecule has 0 spiro atoms. The van der Waals surface area contributed by atoms with Crippen LogP contribution in [-0.4, -0.2) is 24.7 Å². The van der Waals surface area contributed by atoms with Crippen molar-refractivity contribution in [1.29, 1.82) is 0 Å². The first-order valence-corrected chi connectivity index (χ1v) is 9.42. The van der Waals surface area contributed by atoms with Gasteiger partial charge in [-0.2, -0.15) is 5.10 Å². The van der Waals surface area contributed by atoms with Gasteiger partial charge in [0.1, 0.15) is 16.4 Å². The molecule has 6 nitrogen and oxygen atoms in total. The van der Waals surface area contributed by atoms with E-state index in [4.69, 9.17) is 21.1 Å². The third kappa shape index (κ3) is 5.67. The summed E-state index contributed by atoms with van der Waals surface area (Å²) in [5.74, 6) is 0.0311. The van der Waals surface area contributed by atoms with Crippen molar-refractivity contribution in [3.63, 3.8) is 0 Å². The van der Waals surface area contributed by atoms with Gasteiger partial charge in [-0.15, -0.1) is 11.3 Å². The molecule has 0 saturated carbocycles. The summed E-state index contributed by atoms with van der Waals surface area (Å²) in [7, 11) is 0. The number of ether oxygens (including phenoxy) is 2. The lowest BCUT2D eigenvalue weighted by Crippen LogP contribution is -2.24. The van der Waals surface area contributed by atoms with Crippen LogP contribution in [0.15, 0.2) is 71.1 Å². The Morgan fingerprint density at radius 2 is 1.86 bits per heavy atom. The van der Waals surface area contributed by atoms with Crippen LogP contribution in [0.4, 0.5) is 0 Å². The molecule has 28 heavy (non-hydrogen) atoms. The summed E-state index contributed by atoms with van der Waals surface area (Å²) in [4.78, 5) is 24.2. The van der Waals surface area contributed by atoms with E-state index in [-0.39, 0.29) is 6.61 Å². The maximum absolute atomic E-state index is 11.9. The van der Waals surface area contributed by atoms with Crippen LogP contribution in [0.2, 0.25) is 5.02 Å². The zero-order chi connectivity index (χ0) is 19.8. The minimum Gasteiger partial charge on any atom is -0.482 e. The number of amides is 1. The molecular formula is C20H15ClN2O4S. The number of hydrogen-bond donors (Lipinski definition) is 1. The Bertz CT molecular complexity index is 972. The molecule has 1 amide bonds. The Hall–Kier alpha value is -3.16. The van der Waals surface area contributed by atoms with Gasteiger partial charge in [0.2, 0.25) is 0 Å². The first-order chi connectivity index (χ1) is 13.6. The van der Waals surface area contributed by atoms with Crippen LogP contribution in [0.5, 0.6) is 11.5 Å². The van der Waals surface area contributed by atoms with Crippen molar-refractivity contribution < 1.29 is 19.1 Å². The van der Waals surface area contributed by atoms with Gasteiger partial charge >= 0.3 is 5.97 Å². The number of halogens is 1. The number of para-hydroxylation sites is 1. The van der Waals surface area contributed by atoms with E-state index in [0.717, 1.165) is 5.56 Å². The lowest BCUT2D eigenvalue weighted by Gasteiger charge is -2.06. The molecule has 2 aromatic carbocycles. The van der Waals surface area contributed by atoms with Crippen molar-refractivity contribution >= 4 is 41.0 Å². The van der Waals surface area contributed by atoms with Crippen LogP contribution >= 0.6 is 22.9 Å².